The van der Waals surface area contributed by atoms with Crippen molar-refractivity contribution >= 4 is 0 Å². The Morgan fingerprint density at radius 3 is 2.13 bits per heavy atom. The van der Waals surface area contributed by atoms with Crippen LogP contribution in [0.3, 0.4) is 0 Å². The first-order chi connectivity index (χ1) is 6.93. The minimum atomic E-state index is -0.440. The highest BCUT2D eigenvalue weighted by atomic mass is 16.7. The van der Waals surface area contributed by atoms with Crippen molar-refractivity contribution in [3.8, 4) is 0 Å². The number of hydrogen-bond donors (Lipinski definition) is 0. The van der Waals surface area contributed by atoms with Gasteiger partial charge < -0.3 is 14.2 Å². The van der Waals surface area contributed by atoms with Gasteiger partial charge in [-0.15, -0.1) is 0 Å². The molecule has 1 fully saturated rings. The summed E-state index contributed by atoms with van der Waals surface area (Å²) < 4.78 is 17.0. The van der Waals surface area contributed by atoms with Gasteiger partial charge in [0.2, 0.25) is 0 Å². The summed E-state index contributed by atoms with van der Waals surface area (Å²) in [6.45, 7) is 9.66. The van der Waals surface area contributed by atoms with Gasteiger partial charge in [0, 0.05) is 12.5 Å². The monoisotopic (exact) mass is 216 g/mol. The lowest BCUT2D eigenvalue weighted by Crippen LogP contribution is -2.51. The third kappa shape index (κ3) is 3.16. The summed E-state index contributed by atoms with van der Waals surface area (Å²) in [5.41, 5.74) is -0.0136. The van der Waals surface area contributed by atoms with E-state index in [2.05, 4.69) is 13.8 Å². The van der Waals surface area contributed by atoms with Crippen molar-refractivity contribution in [2.24, 2.45) is 5.41 Å². The van der Waals surface area contributed by atoms with E-state index in [4.69, 9.17) is 14.2 Å². The van der Waals surface area contributed by atoms with Crippen LogP contribution in [-0.2, 0) is 14.2 Å². The van der Waals surface area contributed by atoms with Crippen LogP contribution in [0.5, 0.6) is 0 Å². The molecule has 1 aliphatic heterocycles. The Morgan fingerprint density at radius 1 is 1.20 bits per heavy atom. The fraction of sp³-hybridized carbons (Fsp3) is 1.00. The normalized spacial score (nSPS) is 26.2. The van der Waals surface area contributed by atoms with Crippen molar-refractivity contribution in [1.29, 1.82) is 0 Å². The van der Waals surface area contributed by atoms with Gasteiger partial charge in [0.05, 0.1) is 19.3 Å². The molecule has 15 heavy (non-hydrogen) atoms. The van der Waals surface area contributed by atoms with Crippen LogP contribution in [0.15, 0.2) is 0 Å². The number of hydrogen-bond acceptors (Lipinski definition) is 3. The average Bonchev–Trinajstić information content (AvgIpc) is 2.19. The molecular formula is C12H24O3. The standard InChI is InChI=1S/C12H24O3/c1-6-7-10(13-5)12(4)8-14-11(2,3)15-9-12/h10H,6-9H2,1-5H3. The second-order valence-corrected chi connectivity index (χ2v) is 5.14. The highest BCUT2D eigenvalue weighted by Gasteiger charge is 2.41. The maximum atomic E-state index is 5.71. The summed E-state index contributed by atoms with van der Waals surface area (Å²) >= 11 is 0. The molecule has 0 aromatic rings. The van der Waals surface area contributed by atoms with Crippen LogP contribution in [0.4, 0.5) is 0 Å². The van der Waals surface area contributed by atoms with E-state index in [0.717, 1.165) is 12.8 Å². The summed E-state index contributed by atoms with van der Waals surface area (Å²) in [7, 11) is 1.77. The van der Waals surface area contributed by atoms with Crippen LogP contribution in [0, 0.1) is 5.41 Å². The molecule has 0 saturated carbocycles. The van der Waals surface area contributed by atoms with Crippen molar-refractivity contribution in [3.63, 3.8) is 0 Å². The Labute approximate surface area is 93.1 Å². The molecular weight excluding hydrogens is 192 g/mol. The molecule has 90 valence electrons. The maximum Gasteiger partial charge on any atom is 0.162 e. The van der Waals surface area contributed by atoms with E-state index in [1.807, 2.05) is 13.8 Å². The molecule has 1 atom stereocenters. The fourth-order valence-electron chi connectivity index (χ4n) is 1.96. The van der Waals surface area contributed by atoms with Crippen molar-refractivity contribution in [2.45, 2.75) is 52.4 Å². The number of rotatable bonds is 4. The predicted molar refractivity (Wildman–Crippen MR) is 59.8 cm³/mol. The third-order valence-electron chi connectivity index (χ3n) is 3.11. The zero-order chi connectivity index (χ0) is 11.5. The van der Waals surface area contributed by atoms with Crippen LogP contribution >= 0.6 is 0 Å². The first-order valence-electron chi connectivity index (χ1n) is 5.74. The summed E-state index contributed by atoms with van der Waals surface area (Å²) in [4.78, 5) is 0. The molecule has 1 rings (SSSR count). The molecule has 3 nitrogen and oxygen atoms in total. The Kier molecular flexibility index (Phi) is 4.15. The lowest BCUT2D eigenvalue weighted by atomic mass is 9.82. The topological polar surface area (TPSA) is 27.7 Å². The second-order valence-electron chi connectivity index (χ2n) is 5.14. The van der Waals surface area contributed by atoms with Gasteiger partial charge in [-0.3, -0.25) is 0 Å². The minimum Gasteiger partial charge on any atom is -0.381 e. The third-order valence-corrected chi connectivity index (χ3v) is 3.11. The molecule has 0 bridgehead atoms. The molecule has 0 N–H and O–H groups in total. The largest absolute Gasteiger partial charge is 0.381 e. The van der Waals surface area contributed by atoms with E-state index in [-0.39, 0.29) is 11.5 Å². The second kappa shape index (κ2) is 4.81. The zero-order valence-corrected chi connectivity index (χ0v) is 10.6. The van der Waals surface area contributed by atoms with Crippen molar-refractivity contribution in [3.05, 3.63) is 0 Å². The molecule has 0 amide bonds. The van der Waals surface area contributed by atoms with Crippen LogP contribution in [0.2, 0.25) is 0 Å². The Bertz CT molecular complexity index is 191. The van der Waals surface area contributed by atoms with Crippen molar-refractivity contribution in [1.82, 2.24) is 0 Å². The van der Waals surface area contributed by atoms with E-state index in [0.29, 0.717) is 13.2 Å². The molecule has 1 heterocycles. The molecule has 1 unspecified atom stereocenters. The van der Waals surface area contributed by atoms with E-state index in [1.54, 1.807) is 7.11 Å². The van der Waals surface area contributed by atoms with Crippen molar-refractivity contribution < 1.29 is 14.2 Å². The van der Waals surface area contributed by atoms with Crippen LogP contribution in [-0.4, -0.2) is 32.2 Å². The van der Waals surface area contributed by atoms with Gasteiger partial charge in [-0.2, -0.15) is 0 Å². The summed E-state index contributed by atoms with van der Waals surface area (Å²) in [6.07, 6.45) is 2.40. The molecule has 1 saturated heterocycles. The maximum absolute atomic E-state index is 5.71. The molecule has 0 radical (unpaired) electrons. The number of methoxy groups -OCH3 is 1. The molecule has 3 heteroatoms. The van der Waals surface area contributed by atoms with Gasteiger partial charge >= 0.3 is 0 Å². The quantitative estimate of drug-likeness (QED) is 0.723. The molecule has 0 spiro atoms. The summed E-state index contributed by atoms with van der Waals surface area (Å²) in [6, 6.07) is 0. The number of ether oxygens (including phenoxy) is 3. The molecule has 1 aliphatic rings. The van der Waals surface area contributed by atoms with Gasteiger partial charge in [0.15, 0.2) is 5.79 Å². The van der Waals surface area contributed by atoms with E-state index in [1.165, 1.54) is 0 Å². The highest BCUT2D eigenvalue weighted by molar-refractivity contribution is 4.86. The van der Waals surface area contributed by atoms with Gasteiger partial charge in [-0.1, -0.05) is 20.3 Å². The van der Waals surface area contributed by atoms with Gasteiger partial charge in [0.25, 0.3) is 0 Å². The van der Waals surface area contributed by atoms with Crippen LogP contribution in [0.1, 0.15) is 40.5 Å². The lowest BCUT2D eigenvalue weighted by Gasteiger charge is -2.44. The van der Waals surface area contributed by atoms with Gasteiger partial charge in [-0.05, 0) is 20.3 Å². The van der Waals surface area contributed by atoms with E-state index >= 15 is 0 Å². The zero-order valence-electron chi connectivity index (χ0n) is 10.6. The predicted octanol–water partition coefficient (Wildman–Crippen LogP) is 2.59. The minimum absolute atomic E-state index is 0.0136. The SMILES string of the molecule is CCCC(OC)C1(C)COC(C)(C)OC1. The molecule has 0 aromatic heterocycles. The van der Waals surface area contributed by atoms with E-state index in [9.17, 15) is 0 Å². The molecule has 0 aliphatic carbocycles. The summed E-state index contributed by atoms with van der Waals surface area (Å²) in [5, 5.41) is 0. The first kappa shape index (κ1) is 12.9. The Balaban J connectivity index is 2.59. The lowest BCUT2D eigenvalue weighted by molar-refractivity contribution is -0.297. The Morgan fingerprint density at radius 2 is 1.73 bits per heavy atom. The fourth-order valence-corrected chi connectivity index (χ4v) is 1.96. The van der Waals surface area contributed by atoms with E-state index < -0.39 is 5.79 Å². The van der Waals surface area contributed by atoms with Crippen LogP contribution < -0.4 is 0 Å². The summed E-state index contributed by atoms with van der Waals surface area (Å²) in [5.74, 6) is -0.440. The average molecular weight is 216 g/mol. The van der Waals surface area contributed by atoms with Gasteiger partial charge in [0.1, 0.15) is 0 Å². The smallest absolute Gasteiger partial charge is 0.162 e. The highest BCUT2D eigenvalue weighted by Crippen LogP contribution is 2.35. The first-order valence-corrected chi connectivity index (χ1v) is 5.74. The van der Waals surface area contributed by atoms with Crippen LogP contribution in [0.25, 0.3) is 0 Å². The van der Waals surface area contributed by atoms with Gasteiger partial charge in [-0.25, -0.2) is 0 Å². The van der Waals surface area contributed by atoms with Crippen molar-refractivity contribution in [2.75, 3.05) is 20.3 Å². The Hall–Kier alpha value is -0.120. The molecule has 0 aromatic carbocycles.